The number of carbonyl (C=O) groups is 4. The number of urea groups is 1. The average molecular weight is 257 g/mol. The molecule has 3 N–H and O–H groups in total. The fourth-order valence-electron chi connectivity index (χ4n) is 1.46. The molecule has 1 saturated heterocycles. The Hall–Kier alpha value is -2.12. The van der Waals surface area contributed by atoms with Crippen LogP contribution in [0.3, 0.4) is 0 Å². The Labute approximate surface area is 103 Å². The van der Waals surface area contributed by atoms with Crippen LogP contribution in [0, 0.1) is 0 Å². The number of nitrogens with zero attached hydrogens (tertiary/aromatic N) is 1. The molecule has 0 radical (unpaired) electrons. The van der Waals surface area contributed by atoms with Gasteiger partial charge in [-0.25, -0.2) is 4.79 Å². The van der Waals surface area contributed by atoms with E-state index < -0.39 is 35.4 Å². The van der Waals surface area contributed by atoms with E-state index in [1.165, 1.54) is 20.8 Å². The van der Waals surface area contributed by atoms with Gasteiger partial charge in [-0.15, -0.1) is 0 Å². The molecule has 0 aromatic rings. The molecule has 8 heteroatoms. The predicted molar refractivity (Wildman–Crippen MR) is 59.6 cm³/mol. The summed E-state index contributed by atoms with van der Waals surface area (Å²) in [5, 5.41) is 12.9. The third-order valence-electron chi connectivity index (χ3n) is 2.75. The van der Waals surface area contributed by atoms with Crippen molar-refractivity contribution in [1.29, 1.82) is 0 Å². The molecular weight excluding hydrogens is 242 g/mol. The standard InChI is InChI=1S/C10H15N3O5/c1-5(7(15)16)11-6(14)4-13-9(18)12-8(17)10(13,2)3/h5H,4H2,1-3H3,(H,11,14)(H,15,16)(H,12,17,18)/t5-/m1/s1. The number of imide groups is 1. The van der Waals surface area contributed by atoms with Crippen LogP contribution < -0.4 is 10.6 Å². The average Bonchev–Trinajstić information content (AvgIpc) is 2.41. The van der Waals surface area contributed by atoms with Gasteiger partial charge in [-0.05, 0) is 20.8 Å². The Bertz CT molecular complexity index is 418. The van der Waals surface area contributed by atoms with E-state index in [-0.39, 0.29) is 6.54 Å². The first-order valence-corrected chi connectivity index (χ1v) is 5.31. The van der Waals surface area contributed by atoms with E-state index in [1.54, 1.807) is 0 Å². The van der Waals surface area contributed by atoms with Gasteiger partial charge in [-0.3, -0.25) is 19.7 Å². The van der Waals surface area contributed by atoms with Crippen LogP contribution in [0.2, 0.25) is 0 Å². The Balaban J connectivity index is 2.68. The summed E-state index contributed by atoms with van der Waals surface area (Å²) in [4.78, 5) is 46.0. The summed E-state index contributed by atoms with van der Waals surface area (Å²) in [6.07, 6.45) is 0. The van der Waals surface area contributed by atoms with E-state index in [1.807, 2.05) is 0 Å². The van der Waals surface area contributed by atoms with Gasteiger partial charge in [0.15, 0.2) is 0 Å². The molecule has 1 heterocycles. The number of carboxylic acids is 1. The van der Waals surface area contributed by atoms with Crippen molar-refractivity contribution in [2.24, 2.45) is 0 Å². The minimum absolute atomic E-state index is 0.373. The Kier molecular flexibility index (Phi) is 3.59. The number of nitrogens with one attached hydrogen (secondary N) is 2. The SMILES string of the molecule is C[C@@H](NC(=O)CN1C(=O)NC(=O)C1(C)C)C(=O)O. The van der Waals surface area contributed by atoms with Gasteiger partial charge in [0, 0.05) is 0 Å². The van der Waals surface area contributed by atoms with E-state index in [0.29, 0.717) is 0 Å². The Morgan fingerprint density at radius 2 is 2.00 bits per heavy atom. The highest BCUT2D eigenvalue weighted by Crippen LogP contribution is 2.19. The predicted octanol–water partition coefficient (Wildman–Crippen LogP) is -1.09. The van der Waals surface area contributed by atoms with Gasteiger partial charge in [0.2, 0.25) is 5.91 Å². The zero-order valence-electron chi connectivity index (χ0n) is 10.3. The van der Waals surface area contributed by atoms with Crippen molar-refractivity contribution in [2.75, 3.05) is 6.54 Å². The van der Waals surface area contributed by atoms with Crippen LogP contribution in [0.15, 0.2) is 0 Å². The zero-order valence-corrected chi connectivity index (χ0v) is 10.3. The van der Waals surface area contributed by atoms with Gasteiger partial charge in [0.05, 0.1) is 0 Å². The normalized spacial score (nSPS) is 19.4. The summed E-state index contributed by atoms with van der Waals surface area (Å²) in [5.41, 5.74) is -1.12. The van der Waals surface area contributed by atoms with E-state index in [0.717, 1.165) is 4.90 Å². The highest BCUT2D eigenvalue weighted by molar-refractivity contribution is 6.07. The van der Waals surface area contributed by atoms with Gasteiger partial charge in [-0.2, -0.15) is 0 Å². The van der Waals surface area contributed by atoms with Crippen LogP contribution in [0.5, 0.6) is 0 Å². The minimum Gasteiger partial charge on any atom is -0.480 e. The molecule has 8 nitrogen and oxygen atoms in total. The maximum atomic E-state index is 11.5. The largest absolute Gasteiger partial charge is 0.480 e. The summed E-state index contributed by atoms with van der Waals surface area (Å²) in [7, 11) is 0. The number of carbonyl (C=O) groups excluding carboxylic acids is 3. The second-order valence-electron chi connectivity index (χ2n) is 4.53. The van der Waals surface area contributed by atoms with Gasteiger partial charge < -0.3 is 15.3 Å². The lowest BCUT2D eigenvalue weighted by Crippen LogP contribution is -2.50. The highest BCUT2D eigenvalue weighted by atomic mass is 16.4. The summed E-state index contributed by atoms with van der Waals surface area (Å²) in [6.45, 7) is 3.94. The molecule has 18 heavy (non-hydrogen) atoms. The Morgan fingerprint density at radius 1 is 1.44 bits per heavy atom. The molecule has 0 aliphatic carbocycles. The molecule has 1 atom stereocenters. The monoisotopic (exact) mass is 257 g/mol. The third kappa shape index (κ3) is 2.58. The zero-order chi connectivity index (χ0) is 14.1. The second kappa shape index (κ2) is 4.63. The van der Waals surface area contributed by atoms with Crippen molar-refractivity contribution >= 4 is 23.8 Å². The molecular formula is C10H15N3O5. The van der Waals surface area contributed by atoms with E-state index in [2.05, 4.69) is 10.6 Å². The topological polar surface area (TPSA) is 116 Å². The quantitative estimate of drug-likeness (QED) is 0.553. The molecule has 0 saturated carbocycles. The lowest BCUT2D eigenvalue weighted by atomic mass is 10.0. The molecule has 0 unspecified atom stereocenters. The second-order valence-corrected chi connectivity index (χ2v) is 4.53. The number of hydrogen-bond acceptors (Lipinski definition) is 4. The highest BCUT2D eigenvalue weighted by Gasteiger charge is 2.46. The van der Waals surface area contributed by atoms with Gasteiger partial charge in [-0.1, -0.05) is 0 Å². The van der Waals surface area contributed by atoms with Crippen molar-refractivity contribution in [2.45, 2.75) is 32.4 Å². The van der Waals surface area contributed by atoms with Crippen LogP contribution in [0.4, 0.5) is 4.79 Å². The first-order chi connectivity index (χ1) is 8.16. The summed E-state index contributed by atoms with van der Waals surface area (Å²) >= 11 is 0. The van der Waals surface area contributed by atoms with E-state index in [4.69, 9.17) is 5.11 Å². The van der Waals surface area contributed by atoms with E-state index >= 15 is 0 Å². The lowest BCUT2D eigenvalue weighted by molar-refractivity contribution is -0.141. The smallest absolute Gasteiger partial charge is 0.325 e. The van der Waals surface area contributed by atoms with E-state index in [9.17, 15) is 19.2 Å². The first-order valence-electron chi connectivity index (χ1n) is 5.31. The number of hydrogen-bond donors (Lipinski definition) is 3. The number of amides is 4. The van der Waals surface area contributed by atoms with Gasteiger partial charge in [0.25, 0.3) is 5.91 Å². The molecule has 1 aliphatic rings. The van der Waals surface area contributed by atoms with Crippen LogP contribution in [-0.2, 0) is 14.4 Å². The van der Waals surface area contributed by atoms with Crippen LogP contribution in [-0.4, -0.2) is 51.9 Å². The molecule has 0 spiro atoms. The van der Waals surface area contributed by atoms with Crippen LogP contribution in [0.25, 0.3) is 0 Å². The van der Waals surface area contributed by atoms with Crippen LogP contribution in [0.1, 0.15) is 20.8 Å². The van der Waals surface area contributed by atoms with Crippen LogP contribution >= 0.6 is 0 Å². The van der Waals surface area contributed by atoms with Gasteiger partial charge >= 0.3 is 12.0 Å². The molecule has 0 aromatic heterocycles. The molecule has 4 amide bonds. The number of carboxylic acid groups (broad SMARTS) is 1. The third-order valence-corrected chi connectivity index (χ3v) is 2.75. The summed E-state index contributed by atoms with van der Waals surface area (Å²) < 4.78 is 0. The van der Waals surface area contributed by atoms with Crippen molar-refractivity contribution in [3.05, 3.63) is 0 Å². The molecule has 0 aromatic carbocycles. The summed E-state index contributed by atoms with van der Waals surface area (Å²) in [5.74, 6) is -2.31. The molecule has 1 fully saturated rings. The fourth-order valence-corrected chi connectivity index (χ4v) is 1.46. The minimum atomic E-state index is -1.18. The molecule has 0 bridgehead atoms. The number of aliphatic carboxylic acids is 1. The first kappa shape index (κ1) is 13.9. The van der Waals surface area contributed by atoms with Crippen molar-refractivity contribution < 1.29 is 24.3 Å². The summed E-state index contributed by atoms with van der Waals surface area (Å²) in [6, 6.07) is -1.72. The Morgan fingerprint density at radius 3 is 2.39 bits per heavy atom. The lowest BCUT2D eigenvalue weighted by Gasteiger charge is -2.27. The van der Waals surface area contributed by atoms with Crippen molar-refractivity contribution in [1.82, 2.24) is 15.5 Å². The van der Waals surface area contributed by atoms with Crippen molar-refractivity contribution in [3.8, 4) is 0 Å². The fraction of sp³-hybridized carbons (Fsp3) is 0.600. The maximum Gasteiger partial charge on any atom is 0.325 e. The maximum absolute atomic E-state index is 11.5. The molecule has 1 aliphatic heterocycles. The van der Waals surface area contributed by atoms with Crippen molar-refractivity contribution in [3.63, 3.8) is 0 Å². The van der Waals surface area contributed by atoms with Gasteiger partial charge in [0.1, 0.15) is 18.1 Å². The number of rotatable bonds is 4. The molecule has 1 rings (SSSR count). The molecule has 100 valence electrons.